The van der Waals surface area contributed by atoms with E-state index < -0.39 is 67.4 Å². The van der Waals surface area contributed by atoms with E-state index in [0.29, 0.717) is 12.0 Å². The van der Waals surface area contributed by atoms with Gasteiger partial charge in [0.1, 0.15) is 18.3 Å². The third kappa shape index (κ3) is 29.6. The van der Waals surface area contributed by atoms with Crippen molar-refractivity contribution in [2.45, 2.75) is 262 Å². The number of ether oxygens (including phenoxy) is 5. The van der Waals surface area contributed by atoms with Crippen LogP contribution in [0.2, 0.25) is 0 Å². The zero-order valence-corrected chi connectivity index (χ0v) is 49.6. The molecule has 1 heterocycles. The highest BCUT2D eigenvalue weighted by atomic mass is 16.7. The van der Waals surface area contributed by atoms with Gasteiger partial charge >= 0.3 is 17.9 Å². The van der Waals surface area contributed by atoms with Gasteiger partial charge in [0.25, 0.3) is 0 Å². The highest BCUT2D eigenvalue weighted by Gasteiger charge is 2.51. The number of hydrogen-bond acceptors (Lipinski definition) is 11. The van der Waals surface area contributed by atoms with E-state index in [4.69, 9.17) is 23.7 Å². The Labute approximate surface area is 487 Å². The second-order valence-corrected chi connectivity index (χ2v) is 22.1. The van der Waals surface area contributed by atoms with Crippen LogP contribution in [0.25, 0.3) is 0 Å². The average Bonchev–Trinajstić information content (AvgIpc) is 3.67. The molecule has 12 nitrogen and oxygen atoms in total. The third-order valence-corrected chi connectivity index (χ3v) is 15.2. The lowest BCUT2D eigenvalue weighted by Crippen LogP contribution is -2.62. The number of amides is 1. The fourth-order valence-electron chi connectivity index (χ4n) is 10.3. The highest BCUT2D eigenvalue weighted by molar-refractivity contribution is 5.91. The molecular formula is C69H103NO11. The Hall–Kier alpha value is -5.14. The lowest BCUT2D eigenvalue weighted by Gasteiger charge is -2.43. The van der Waals surface area contributed by atoms with Gasteiger partial charge in [-0.2, -0.15) is 0 Å². The minimum absolute atomic E-state index is 0.182. The molecule has 3 N–H and O–H groups in total. The van der Waals surface area contributed by atoms with E-state index in [1.807, 2.05) is 12.1 Å². The van der Waals surface area contributed by atoms with Crippen LogP contribution in [0.1, 0.15) is 250 Å². The van der Waals surface area contributed by atoms with E-state index in [-0.39, 0.29) is 30.1 Å². The molecule has 0 saturated carbocycles. The molecule has 450 valence electrons. The Bertz CT molecular complexity index is 2130. The lowest BCUT2D eigenvalue weighted by atomic mass is 9.98. The maximum absolute atomic E-state index is 14.0. The average molecular weight is 1120 g/mol. The molecule has 3 aromatic rings. The summed E-state index contributed by atoms with van der Waals surface area (Å²) in [5.41, 5.74) is 0.695. The molecule has 0 aliphatic carbocycles. The topological polar surface area (TPSA) is 167 Å². The van der Waals surface area contributed by atoms with Crippen molar-refractivity contribution in [3.63, 3.8) is 0 Å². The Balaban J connectivity index is 1.41. The van der Waals surface area contributed by atoms with Gasteiger partial charge in [-0.3, -0.25) is 4.79 Å². The summed E-state index contributed by atoms with van der Waals surface area (Å²) >= 11 is 0. The maximum Gasteiger partial charge on any atom is 0.338 e. The number of hydrogen-bond donors (Lipinski definition) is 3. The van der Waals surface area contributed by atoms with E-state index in [9.17, 15) is 29.4 Å². The Morgan fingerprint density at radius 2 is 0.889 bits per heavy atom. The van der Waals surface area contributed by atoms with Crippen LogP contribution in [-0.4, -0.2) is 90.1 Å². The highest BCUT2D eigenvalue weighted by Crippen LogP contribution is 2.29. The van der Waals surface area contributed by atoms with Crippen LogP contribution in [0.5, 0.6) is 0 Å². The molecule has 1 aliphatic heterocycles. The molecule has 4 rings (SSSR count). The Kier molecular flexibility index (Phi) is 37.5. The predicted molar refractivity (Wildman–Crippen MR) is 324 cm³/mol. The first kappa shape index (κ1) is 68.4. The third-order valence-electron chi connectivity index (χ3n) is 15.2. The number of nitrogens with one attached hydrogen (secondary N) is 1. The summed E-state index contributed by atoms with van der Waals surface area (Å²) in [6, 6.07) is 24.0. The van der Waals surface area contributed by atoms with Crippen LogP contribution in [0.15, 0.2) is 115 Å². The number of benzene rings is 3. The molecule has 1 fully saturated rings. The van der Waals surface area contributed by atoms with E-state index in [1.54, 1.807) is 91.0 Å². The van der Waals surface area contributed by atoms with Gasteiger partial charge in [-0.15, -0.1) is 0 Å². The molecule has 0 unspecified atom stereocenters. The summed E-state index contributed by atoms with van der Waals surface area (Å²) < 4.78 is 30.7. The Morgan fingerprint density at radius 3 is 1.32 bits per heavy atom. The first-order chi connectivity index (χ1) is 39.7. The van der Waals surface area contributed by atoms with Gasteiger partial charge in [0.2, 0.25) is 5.91 Å². The molecule has 12 heteroatoms. The van der Waals surface area contributed by atoms with Crippen LogP contribution in [-0.2, 0) is 28.5 Å². The number of unbranched alkanes of at least 4 members (excludes halogenated alkanes) is 28. The molecular weight excluding hydrogens is 1020 g/mol. The molecule has 1 saturated heterocycles. The van der Waals surface area contributed by atoms with Crippen LogP contribution >= 0.6 is 0 Å². The number of allylic oxidation sites excluding steroid dienone is 3. The number of aliphatic hydroxyl groups excluding tert-OH is 2. The van der Waals surface area contributed by atoms with E-state index >= 15 is 0 Å². The van der Waals surface area contributed by atoms with Gasteiger partial charge in [0.15, 0.2) is 18.5 Å². The van der Waals surface area contributed by atoms with Crippen molar-refractivity contribution in [1.29, 1.82) is 0 Å². The van der Waals surface area contributed by atoms with Crippen LogP contribution in [0.4, 0.5) is 0 Å². The van der Waals surface area contributed by atoms with Crippen molar-refractivity contribution in [2.75, 3.05) is 13.2 Å². The number of esters is 3. The number of carbonyl (C=O) groups excluding carboxylic acids is 4. The van der Waals surface area contributed by atoms with Crippen LogP contribution < -0.4 is 5.32 Å². The molecule has 7 atom stereocenters. The van der Waals surface area contributed by atoms with Crippen LogP contribution in [0.3, 0.4) is 0 Å². The summed E-state index contributed by atoms with van der Waals surface area (Å²) in [5, 5.41) is 25.2. The fraction of sp³-hybridized carbons (Fsp3) is 0.623. The first-order valence-corrected chi connectivity index (χ1v) is 31.7. The maximum atomic E-state index is 14.0. The van der Waals surface area contributed by atoms with Crippen molar-refractivity contribution in [2.24, 2.45) is 0 Å². The Morgan fingerprint density at radius 1 is 0.506 bits per heavy atom. The normalized spacial score (nSPS) is 18.0. The summed E-state index contributed by atoms with van der Waals surface area (Å²) in [7, 11) is 0. The van der Waals surface area contributed by atoms with Gasteiger partial charge < -0.3 is 39.2 Å². The fourth-order valence-corrected chi connectivity index (χ4v) is 10.3. The molecule has 0 bridgehead atoms. The molecule has 0 spiro atoms. The lowest BCUT2D eigenvalue weighted by molar-refractivity contribution is -0.300. The van der Waals surface area contributed by atoms with Crippen molar-refractivity contribution in [3.8, 4) is 0 Å². The van der Waals surface area contributed by atoms with Gasteiger partial charge in [-0.1, -0.05) is 241 Å². The first-order valence-electron chi connectivity index (χ1n) is 31.7. The van der Waals surface area contributed by atoms with Gasteiger partial charge in [0, 0.05) is 6.42 Å². The van der Waals surface area contributed by atoms with Gasteiger partial charge in [0.05, 0.1) is 35.9 Å². The second kappa shape index (κ2) is 44.4. The second-order valence-electron chi connectivity index (χ2n) is 22.1. The van der Waals surface area contributed by atoms with Crippen LogP contribution in [0, 0.1) is 0 Å². The molecule has 1 amide bonds. The molecule has 3 aromatic carbocycles. The minimum Gasteiger partial charge on any atom is -0.452 e. The number of rotatable bonds is 46. The van der Waals surface area contributed by atoms with Gasteiger partial charge in [-0.05, 0) is 87.4 Å². The molecule has 0 radical (unpaired) electrons. The van der Waals surface area contributed by atoms with Gasteiger partial charge in [-0.25, -0.2) is 14.4 Å². The summed E-state index contributed by atoms with van der Waals surface area (Å²) in [5.74, 6) is -2.47. The van der Waals surface area contributed by atoms with Crippen molar-refractivity contribution >= 4 is 23.8 Å². The molecule has 1 aliphatic rings. The van der Waals surface area contributed by atoms with Crippen molar-refractivity contribution < 1.29 is 53.1 Å². The number of aliphatic hydroxyl groups is 2. The van der Waals surface area contributed by atoms with Crippen molar-refractivity contribution in [1.82, 2.24) is 5.32 Å². The molecule has 81 heavy (non-hydrogen) atoms. The minimum atomic E-state index is -1.64. The summed E-state index contributed by atoms with van der Waals surface area (Å²) in [4.78, 5) is 55.2. The van der Waals surface area contributed by atoms with E-state index in [1.165, 1.54) is 148 Å². The number of carbonyl (C=O) groups is 4. The predicted octanol–water partition coefficient (Wildman–Crippen LogP) is 15.9. The summed E-state index contributed by atoms with van der Waals surface area (Å²) in [6.07, 6.45) is 37.2. The SMILES string of the molecule is CCCCCCCC/C=C\CCCCCCCCCCCCCC(=O)N[C@@H](CO[C@H]1O[C@H](CO)[C@@H](O)[C@H](OC(=O)c2ccccc2)[C@H]1OC(=O)c1ccccc1)[C@@H](/C=C/CCCCCCCCCCCCC)OC(=O)c1ccccc1. The zero-order valence-electron chi connectivity index (χ0n) is 49.6. The monoisotopic (exact) mass is 1120 g/mol. The zero-order chi connectivity index (χ0) is 57.8. The summed E-state index contributed by atoms with van der Waals surface area (Å²) in [6.45, 7) is 3.47. The standard InChI is InChI=1S/C69H103NO11/c1-3-5-7-9-11-13-15-17-18-19-20-21-22-23-24-26-28-30-32-34-45-53-62(72)70-59(60(78-66(74)56-46-38-35-39-47-56)52-44-33-31-29-27-25-16-14-12-10-8-6-4-2)55-77-69-65(81-68(76)58-50-42-37-43-51-58)64(63(73)61(54-71)79-69)80-67(75)57-48-40-36-41-49-57/h17-18,35-44,46-52,59-61,63-65,69,71,73H,3-16,19-34,45,53-55H2,1-2H3,(H,70,72)/b18-17-,52-44+/t59-,60+,61+,63+,64-,65+,69-/m0/s1. The quantitative estimate of drug-likeness (QED) is 0.0213. The van der Waals surface area contributed by atoms with E-state index in [0.717, 1.165) is 44.9 Å². The largest absolute Gasteiger partial charge is 0.452 e. The molecule has 0 aromatic heterocycles. The smallest absolute Gasteiger partial charge is 0.338 e. The van der Waals surface area contributed by atoms with E-state index in [2.05, 4.69) is 31.3 Å². The van der Waals surface area contributed by atoms with Crippen molar-refractivity contribution in [3.05, 3.63) is 132 Å².